The summed E-state index contributed by atoms with van der Waals surface area (Å²) in [6, 6.07) is 22.4. The lowest BCUT2D eigenvalue weighted by Crippen LogP contribution is -2.11. The van der Waals surface area contributed by atoms with E-state index in [0.717, 1.165) is 5.56 Å². The molecule has 3 aromatic carbocycles. The summed E-state index contributed by atoms with van der Waals surface area (Å²) in [7, 11) is 1.59. The van der Waals surface area contributed by atoms with E-state index in [1.54, 1.807) is 43.5 Å². The number of hydrogen-bond acceptors (Lipinski definition) is 3. The second kappa shape index (κ2) is 10.8. The van der Waals surface area contributed by atoms with Crippen molar-refractivity contribution in [2.45, 2.75) is 38.0 Å². The highest BCUT2D eigenvalue weighted by Crippen LogP contribution is 2.32. The number of carbonyl (C=O) groups excluding carboxylic acids is 2. The van der Waals surface area contributed by atoms with Gasteiger partial charge in [0.15, 0.2) is 5.78 Å². The van der Waals surface area contributed by atoms with Crippen LogP contribution in [-0.2, 0) is 0 Å². The number of benzene rings is 3. The molecule has 1 aliphatic rings. The van der Waals surface area contributed by atoms with Gasteiger partial charge in [0.05, 0.1) is 7.11 Å². The molecule has 1 fully saturated rings. The standard InChI is InChI=1S/C29H29NO3/c1-33-27-17-15-25(16-18-27)29(32)30-26-9-5-6-21(20-26)10-19-28(31)24-13-11-23(12-14-24)22-7-3-2-4-8-22/h5-6,9-20,22H,2-4,7-8H2,1H3,(H,30,32). The summed E-state index contributed by atoms with van der Waals surface area (Å²) in [6.07, 6.45) is 9.79. The van der Waals surface area contributed by atoms with Crippen LogP contribution in [-0.4, -0.2) is 18.8 Å². The second-order valence-corrected chi connectivity index (χ2v) is 8.46. The van der Waals surface area contributed by atoms with E-state index in [1.807, 2.05) is 36.4 Å². The molecule has 1 aliphatic carbocycles. The number of ether oxygens (including phenoxy) is 1. The van der Waals surface area contributed by atoms with Crippen molar-refractivity contribution in [1.29, 1.82) is 0 Å². The van der Waals surface area contributed by atoms with Crippen molar-refractivity contribution in [3.05, 3.63) is 101 Å². The molecule has 0 saturated heterocycles. The van der Waals surface area contributed by atoms with E-state index in [-0.39, 0.29) is 11.7 Å². The monoisotopic (exact) mass is 439 g/mol. The highest BCUT2D eigenvalue weighted by molar-refractivity contribution is 6.07. The van der Waals surface area contributed by atoms with Crippen molar-refractivity contribution in [2.24, 2.45) is 0 Å². The number of nitrogens with one attached hydrogen (secondary N) is 1. The molecule has 0 radical (unpaired) electrons. The number of anilines is 1. The minimum Gasteiger partial charge on any atom is -0.497 e. The number of rotatable bonds is 7. The molecule has 0 aliphatic heterocycles. The van der Waals surface area contributed by atoms with Gasteiger partial charge in [0.2, 0.25) is 0 Å². The number of hydrogen-bond donors (Lipinski definition) is 1. The van der Waals surface area contributed by atoms with Crippen molar-refractivity contribution in [3.8, 4) is 5.75 Å². The van der Waals surface area contributed by atoms with Gasteiger partial charge < -0.3 is 10.1 Å². The largest absolute Gasteiger partial charge is 0.497 e. The molecule has 0 unspecified atom stereocenters. The van der Waals surface area contributed by atoms with Gasteiger partial charge in [0.1, 0.15) is 5.75 Å². The summed E-state index contributed by atoms with van der Waals surface area (Å²) in [6.45, 7) is 0. The first-order chi connectivity index (χ1) is 16.1. The Kier molecular flexibility index (Phi) is 7.36. The van der Waals surface area contributed by atoms with E-state index in [2.05, 4.69) is 17.4 Å². The Morgan fingerprint density at radius 1 is 0.879 bits per heavy atom. The highest BCUT2D eigenvalue weighted by Gasteiger charge is 2.15. The lowest BCUT2D eigenvalue weighted by molar-refractivity contribution is 0.102. The molecule has 1 N–H and O–H groups in total. The quantitative estimate of drug-likeness (QED) is 0.322. The summed E-state index contributed by atoms with van der Waals surface area (Å²) in [5.41, 5.74) is 4.09. The van der Waals surface area contributed by atoms with E-state index in [1.165, 1.54) is 37.7 Å². The third-order valence-electron chi connectivity index (χ3n) is 6.20. The summed E-state index contributed by atoms with van der Waals surface area (Å²) in [5, 5.41) is 2.89. The Balaban J connectivity index is 1.38. The minimum atomic E-state index is -0.201. The number of methoxy groups -OCH3 is 1. The predicted molar refractivity (Wildman–Crippen MR) is 133 cm³/mol. The van der Waals surface area contributed by atoms with E-state index in [4.69, 9.17) is 4.74 Å². The second-order valence-electron chi connectivity index (χ2n) is 8.46. The number of carbonyl (C=O) groups is 2. The molecule has 4 nitrogen and oxygen atoms in total. The third kappa shape index (κ3) is 5.98. The number of ketones is 1. The van der Waals surface area contributed by atoms with Crippen LogP contribution in [0.4, 0.5) is 5.69 Å². The zero-order valence-electron chi connectivity index (χ0n) is 18.9. The molecule has 4 rings (SSSR count). The molecule has 168 valence electrons. The Labute approximate surface area is 195 Å². The lowest BCUT2D eigenvalue weighted by atomic mass is 9.84. The van der Waals surface area contributed by atoms with Gasteiger partial charge in [-0.3, -0.25) is 9.59 Å². The van der Waals surface area contributed by atoms with E-state index < -0.39 is 0 Å². The summed E-state index contributed by atoms with van der Waals surface area (Å²) < 4.78 is 5.13. The van der Waals surface area contributed by atoms with Gasteiger partial charge in [-0.15, -0.1) is 0 Å². The van der Waals surface area contributed by atoms with Gasteiger partial charge >= 0.3 is 0 Å². The van der Waals surface area contributed by atoms with Crippen molar-refractivity contribution in [2.75, 3.05) is 12.4 Å². The minimum absolute atomic E-state index is 0.0298. The molecular weight excluding hydrogens is 410 g/mol. The van der Waals surface area contributed by atoms with Crippen LogP contribution >= 0.6 is 0 Å². The van der Waals surface area contributed by atoms with Gasteiger partial charge in [-0.1, -0.05) is 61.7 Å². The molecule has 3 aromatic rings. The van der Waals surface area contributed by atoms with Gasteiger partial charge in [-0.2, -0.15) is 0 Å². The van der Waals surface area contributed by atoms with E-state index in [9.17, 15) is 9.59 Å². The maximum Gasteiger partial charge on any atom is 0.255 e. The van der Waals surface area contributed by atoms with Crippen molar-refractivity contribution in [1.82, 2.24) is 0 Å². The van der Waals surface area contributed by atoms with Gasteiger partial charge in [-0.25, -0.2) is 0 Å². The van der Waals surface area contributed by atoms with E-state index in [0.29, 0.717) is 28.5 Å². The summed E-state index contributed by atoms with van der Waals surface area (Å²) >= 11 is 0. The van der Waals surface area contributed by atoms with E-state index >= 15 is 0 Å². The first-order valence-corrected chi connectivity index (χ1v) is 11.5. The Morgan fingerprint density at radius 3 is 2.27 bits per heavy atom. The van der Waals surface area contributed by atoms with Crippen LogP contribution in [0, 0.1) is 0 Å². The van der Waals surface area contributed by atoms with Crippen molar-refractivity contribution in [3.63, 3.8) is 0 Å². The molecule has 0 bridgehead atoms. The SMILES string of the molecule is COc1ccc(C(=O)Nc2cccc(C=CC(=O)c3ccc(C4CCCCC4)cc3)c2)cc1. The summed E-state index contributed by atoms with van der Waals surface area (Å²) in [4.78, 5) is 25.1. The molecular formula is C29H29NO3. The fraction of sp³-hybridized carbons (Fsp3) is 0.241. The average Bonchev–Trinajstić information content (AvgIpc) is 2.88. The Bertz CT molecular complexity index is 1120. The maximum atomic E-state index is 12.6. The fourth-order valence-electron chi connectivity index (χ4n) is 4.29. The molecule has 0 heterocycles. The maximum absolute atomic E-state index is 12.6. The Hall–Kier alpha value is -3.66. The Morgan fingerprint density at radius 2 is 1.58 bits per heavy atom. The normalized spacial score (nSPS) is 14.2. The molecule has 0 spiro atoms. The molecule has 0 atom stereocenters. The van der Waals surface area contributed by atoms with Crippen molar-refractivity contribution >= 4 is 23.5 Å². The molecule has 4 heteroatoms. The fourth-order valence-corrected chi connectivity index (χ4v) is 4.29. The van der Waals surface area contributed by atoms with Gasteiger partial charge in [0.25, 0.3) is 5.91 Å². The van der Waals surface area contributed by atoms with Gasteiger partial charge in [-0.05, 0) is 72.4 Å². The smallest absolute Gasteiger partial charge is 0.255 e. The zero-order chi connectivity index (χ0) is 23.0. The zero-order valence-corrected chi connectivity index (χ0v) is 18.9. The van der Waals surface area contributed by atoms with Crippen LogP contribution in [0.1, 0.15) is 69.9 Å². The van der Waals surface area contributed by atoms with Crippen molar-refractivity contribution < 1.29 is 14.3 Å². The predicted octanol–water partition coefficient (Wildman–Crippen LogP) is 6.89. The molecule has 1 amide bonds. The van der Waals surface area contributed by atoms with Crippen LogP contribution < -0.4 is 10.1 Å². The lowest BCUT2D eigenvalue weighted by Gasteiger charge is -2.21. The molecule has 1 saturated carbocycles. The first-order valence-electron chi connectivity index (χ1n) is 11.5. The molecule has 0 aromatic heterocycles. The summed E-state index contributed by atoms with van der Waals surface area (Å²) in [5.74, 6) is 1.10. The van der Waals surface area contributed by atoms with Crippen LogP contribution in [0.25, 0.3) is 6.08 Å². The number of amides is 1. The van der Waals surface area contributed by atoms with Crippen LogP contribution in [0.3, 0.4) is 0 Å². The highest BCUT2D eigenvalue weighted by atomic mass is 16.5. The van der Waals surface area contributed by atoms with Gasteiger partial charge in [0, 0.05) is 16.8 Å². The molecule has 33 heavy (non-hydrogen) atoms. The van der Waals surface area contributed by atoms with Crippen LogP contribution in [0.15, 0.2) is 78.9 Å². The topological polar surface area (TPSA) is 55.4 Å². The van der Waals surface area contributed by atoms with Crippen LogP contribution in [0.2, 0.25) is 0 Å². The third-order valence-corrected chi connectivity index (χ3v) is 6.20. The first kappa shape index (κ1) is 22.5. The number of allylic oxidation sites excluding steroid dienone is 1. The van der Waals surface area contributed by atoms with Crippen LogP contribution in [0.5, 0.6) is 5.75 Å². The average molecular weight is 440 g/mol.